The van der Waals surface area contributed by atoms with Gasteiger partial charge >= 0.3 is 0 Å². The summed E-state index contributed by atoms with van der Waals surface area (Å²) in [6.45, 7) is 3.64. The summed E-state index contributed by atoms with van der Waals surface area (Å²) in [6, 6.07) is 8.50. The molecule has 0 fully saturated rings. The van der Waals surface area contributed by atoms with E-state index in [9.17, 15) is 4.79 Å². The number of aromatic nitrogens is 1. The zero-order valence-corrected chi connectivity index (χ0v) is 11.7. The number of pyridine rings is 1. The number of carbonyl (C=O) groups is 1. The number of benzene rings is 1. The van der Waals surface area contributed by atoms with Gasteiger partial charge in [-0.3, -0.25) is 4.79 Å². The number of fused-ring (bicyclic) bond motifs is 1. The molecule has 0 saturated carbocycles. The predicted molar refractivity (Wildman–Crippen MR) is 78.4 cm³/mol. The third kappa shape index (κ3) is 2.60. The van der Waals surface area contributed by atoms with Crippen molar-refractivity contribution in [2.75, 3.05) is 11.1 Å². The van der Waals surface area contributed by atoms with Crippen LogP contribution in [0.4, 0.5) is 11.4 Å². The first kappa shape index (κ1) is 13.2. The average Bonchev–Trinajstić information content (AvgIpc) is 2.72. The summed E-state index contributed by atoms with van der Waals surface area (Å²) < 4.78 is 11.2. The second-order valence-electron chi connectivity index (χ2n) is 5.16. The Labute approximate surface area is 121 Å². The molecule has 0 atom stereocenters. The fourth-order valence-electron chi connectivity index (χ4n) is 2.10. The SMILES string of the molecule is CC1(C)Oc2ccc(NC(=O)c3ncccc3N)cc2O1. The fourth-order valence-corrected chi connectivity index (χ4v) is 2.10. The number of hydrogen-bond donors (Lipinski definition) is 2. The van der Waals surface area contributed by atoms with E-state index in [0.29, 0.717) is 22.9 Å². The normalized spacial score (nSPS) is 14.8. The van der Waals surface area contributed by atoms with Crippen LogP contribution in [0.25, 0.3) is 0 Å². The maximum Gasteiger partial charge on any atom is 0.276 e. The van der Waals surface area contributed by atoms with Crippen molar-refractivity contribution < 1.29 is 14.3 Å². The van der Waals surface area contributed by atoms with Crippen molar-refractivity contribution in [1.82, 2.24) is 4.98 Å². The first-order valence-corrected chi connectivity index (χ1v) is 6.48. The van der Waals surface area contributed by atoms with Gasteiger partial charge in [0.25, 0.3) is 5.91 Å². The summed E-state index contributed by atoms with van der Waals surface area (Å²) in [4.78, 5) is 16.1. The molecule has 0 unspecified atom stereocenters. The van der Waals surface area contributed by atoms with E-state index >= 15 is 0 Å². The van der Waals surface area contributed by atoms with Crippen LogP contribution in [0.15, 0.2) is 36.5 Å². The van der Waals surface area contributed by atoms with Crippen LogP contribution in [0, 0.1) is 0 Å². The van der Waals surface area contributed by atoms with Crippen LogP contribution in [0.3, 0.4) is 0 Å². The van der Waals surface area contributed by atoms with Crippen molar-refractivity contribution in [3.8, 4) is 11.5 Å². The number of rotatable bonds is 2. The lowest BCUT2D eigenvalue weighted by atomic mass is 10.2. The summed E-state index contributed by atoms with van der Waals surface area (Å²) in [5.74, 6) is 0.171. The van der Waals surface area contributed by atoms with Gasteiger partial charge in [0, 0.05) is 31.8 Å². The van der Waals surface area contributed by atoms with E-state index < -0.39 is 5.79 Å². The van der Waals surface area contributed by atoms with Crippen LogP contribution in [0.2, 0.25) is 0 Å². The molecule has 1 aromatic heterocycles. The molecule has 2 aromatic rings. The number of amides is 1. The third-order valence-corrected chi connectivity index (χ3v) is 2.97. The van der Waals surface area contributed by atoms with Gasteiger partial charge in [0.15, 0.2) is 17.2 Å². The molecular formula is C15H15N3O3. The van der Waals surface area contributed by atoms with Gasteiger partial charge in [-0.05, 0) is 24.3 Å². The summed E-state index contributed by atoms with van der Waals surface area (Å²) in [5.41, 5.74) is 6.84. The molecule has 1 aliphatic rings. The lowest BCUT2D eigenvalue weighted by molar-refractivity contribution is -0.0431. The van der Waals surface area contributed by atoms with Crippen LogP contribution >= 0.6 is 0 Å². The highest BCUT2D eigenvalue weighted by atomic mass is 16.7. The highest BCUT2D eigenvalue weighted by Gasteiger charge is 2.31. The summed E-state index contributed by atoms with van der Waals surface area (Å²) in [5, 5.41) is 2.74. The molecule has 0 aliphatic carbocycles. The Morgan fingerprint density at radius 1 is 1.24 bits per heavy atom. The first-order chi connectivity index (χ1) is 9.94. The molecule has 0 saturated heterocycles. The Bertz CT molecular complexity index is 713. The van der Waals surface area contributed by atoms with Crippen molar-refractivity contribution in [3.63, 3.8) is 0 Å². The van der Waals surface area contributed by atoms with E-state index in [-0.39, 0.29) is 11.6 Å². The third-order valence-electron chi connectivity index (χ3n) is 2.97. The number of nitrogen functional groups attached to an aromatic ring is 1. The lowest BCUT2D eigenvalue weighted by Crippen LogP contribution is -2.29. The van der Waals surface area contributed by atoms with Gasteiger partial charge < -0.3 is 20.5 Å². The van der Waals surface area contributed by atoms with Crippen LogP contribution < -0.4 is 20.5 Å². The molecule has 2 heterocycles. The molecule has 6 heteroatoms. The number of carbonyl (C=O) groups excluding carboxylic acids is 1. The quantitative estimate of drug-likeness (QED) is 0.885. The summed E-state index contributed by atoms with van der Waals surface area (Å²) >= 11 is 0. The summed E-state index contributed by atoms with van der Waals surface area (Å²) in [6.07, 6.45) is 1.52. The van der Waals surface area contributed by atoms with Gasteiger partial charge in [0.1, 0.15) is 0 Å². The molecule has 0 radical (unpaired) electrons. The smallest absolute Gasteiger partial charge is 0.276 e. The average molecular weight is 285 g/mol. The first-order valence-electron chi connectivity index (χ1n) is 6.48. The molecule has 1 aliphatic heterocycles. The number of ether oxygens (including phenoxy) is 2. The van der Waals surface area contributed by atoms with Gasteiger partial charge in [-0.25, -0.2) is 4.98 Å². The highest BCUT2D eigenvalue weighted by Crippen LogP contribution is 2.40. The topological polar surface area (TPSA) is 86.5 Å². The van der Waals surface area contributed by atoms with Crippen LogP contribution in [0.5, 0.6) is 11.5 Å². The predicted octanol–water partition coefficient (Wildman–Crippen LogP) is 2.42. The van der Waals surface area contributed by atoms with Crippen molar-refractivity contribution in [2.45, 2.75) is 19.6 Å². The summed E-state index contributed by atoms with van der Waals surface area (Å²) in [7, 11) is 0. The van der Waals surface area contributed by atoms with Crippen molar-refractivity contribution in [3.05, 3.63) is 42.2 Å². The maximum atomic E-state index is 12.1. The van der Waals surface area contributed by atoms with E-state index in [1.807, 2.05) is 13.8 Å². The molecule has 0 spiro atoms. The van der Waals surface area contributed by atoms with Gasteiger partial charge in [-0.1, -0.05) is 0 Å². The molecule has 1 aromatic carbocycles. The van der Waals surface area contributed by atoms with E-state index in [4.69, 9.17) is 15.2 Å². The second kappa shape index (κ2) is 4.66. The zero-order chi connectivity index (χ0) is 15.0. The van der Waals surface area contributed by atoms with Gasteiger partial charge in [0.05, 0.1) is 5.69 Å². The number of hydrogen-bond acceptors (Lipinski definition) is 5. The van der Waals surface area contributed by atoms with Crippen molar-refractivity contribution >= 4 is 17.3 Å². The number of nitrogens with one attached hydrogen (secondary N) is 1. The molecule has 21 heavy (non-hydrogen) atoms. The Balaban J connectivity index is 1.81. The van der Waals surface area contributed by atoms with Crippen LogP contribution in [0.1, 0.15) is 24.3 Å². The van der Waals surface area contributed by atoms with Gasteiger partial charge in [0.2, 0.25) is 5.79 Å². The van der Waals surface area contributed by atoms with Gasteiger partial charge in [-0.15, -0.1) is 0 Å². The largest absolute Gasteiger partial charge is 0.449 e. The maximum absolute atomic E-state index is 12.1. The molecular weight excluding hydrogens is 270 g/mol. The Morgan fingerprint density at radius 3 is 2.76 bits per heavy atom. The number of anilines is 2. The van der Waals surface area contributed by atoms with Crippen LogP contribution in [-0.4, -0.2) is 16.7 Å². The molecule has 3 N–H and O–H groups in total. The second-order valence-corrected chi connectivity index (χ2v) is 5.16. The molecule has 108 valence electrons. The Hall–Kier alpha value is -2.76. The Morgan fingerprint density at radius 2 is 2.00 bits per heavy atom. The standard InChI is InChI=1S/C15H15N3O3/c1-15(2)20-11-6-5-9(8-12(11)21-15)18-14(19)13-10(16)4-3-7-17-13/h3-8H,16H2,1-2H3,(H,18,19). The van der Waals surface area contributed by atoms with E-state index in [2.05, 4.69) is 10.3 Å². The molecule has 1 amide bonds. The molecule has 3 rings (SSSR count). The monoisotopic (exact) mass is 285 g/mol. The fraction of sp³-hybridized carbons (Fsp3) is 0.200. The minimum atomic E-state index is -0.698. The van der Waals surface area contributed by atoms with E-state index in [1.54, 1.807) is 30.3 Å². The molecule has 6 nitrogen and oxygen atoms in total. The number of nitrogens with two attached hydrogens (primary N) is 1. The van der Waals surface area contributed by atoms with E-state index in [1.165, 1.54) is 6.20 Å². The zero-order valence-electron chi connectivity index (χ0n) is 11.7. The van der Waals surface area contributed by atoms with Crippen molar-refractivity contribution in [2.24, 2.45) is 0 Å². The minimum Gasteiger partial charge on any atom is -0.449 e. The van der Waals surface area contributed by atoms with Crippen LogP contribution in [-0.2, 0) is 0 Å². The van der Waals surface area contributed by atoms with Gasteiger partial charge in [-0.2, -0.15) is 0 Å². The highest BCUT2D eigenvalue weighted by molar-refractivity contribution is 6.06. The van der Waals surface area contributed by atoms with Crippen molar-refractivity contribution in [1.29, 1.82) is 0 Å². The van der Waals surface area contributed by atoms with E-state index in [0.717, 1.165) is 0 Å². The molecule has 0 bridgehead atoms. The minimum absolute atomic E-state index is 0.190. The lowest BCUT2D eigenvalue weighted by Gasteiger charge is -2.16. The number of nitrogens with zero attached hydrogens (tertiary/aromatic N) is 1. The Kier molecular flexibility index (Phi) is 2.94.